The lowest BCUT2D eigenvalue weighted by Gasteiger charge is -2.53. The number of aromatic nitrogens is 1. The molecule has 30 heavy (non-hydrogen) atoms. The number of methoxy groups -OCH3 is 1. The summed E-state index contributed by atoms with van der Waals surface area (Å²) >= 11 is 0. The second-order valence-corrected chi connectivity index (χ2v) is 7.50. The lowest BCUT2D eigenvalue weighted by Crippen LogP contribution is -2.64. The molecule has 2 saturated heterocycles. The van der Waals surface area contributed by atoms with Gasteiger partial charge < -0.3 is 19.3 Å². The summed E-state index contributed by atoms with van der Waals surface area (Å²) in [5.41, 5.74) is 1.22. The number of likely N-dealkylation sites (tertiary alicyclic amines) is 1. The predicted molar refractivity (Wildman–Crippen MR) is 102 cm³/mol. The topological polar surface area (TPSA) is 81.1 Å². The number of halogens is 3. The van der Waals surface area contributed by atoms with Gasteiger partial charge in [-0.3, -0.25) is 4.90 Å². The van der Waals surface area contributed by atoms with Gasteiger partial charge in [0.1, 0.15) is 0 Å². The average molecular weight is 434 g/mol. The molecule has 0 aromatic carbocycles. The molecule has 1 aromatic heterocycles. The minimum absolute atomic E-state index is 0.0740. The highest BCUT2D eigenvalue weighted by molar-refractivity contribution is 5.73. The van der Waals surface area contributed by atoms with E-state index in [0.717, 1.165) is 63.2 Å². The molecule has 170 valence electrons. The lowest BCUT2D eigenvalue weighted by atomic mass is 9.79. The zero-order chi connectivity index (χ0) is 22.2. The lowest BCUT2D eigenvalue weighted by molar-refractivity contribution is -0.192. The molecule has 2 fully saturated rings. The fraction of sp³-hybridized carbons (Fsp3) is 0.700. The molecule has 1 N–H and O–H groups in total. The number of hydrogen-bond donors (Lipinski definition) is 1. The van der Waals surface area contributed by atoms with Crippen LogP contribution in [-0.2, 0) is 20.8 Å². The summed E-state index contributed by atoms with van der Waals surface area (Å²) in [6.45, 7) is 7.55. The second-order valence-electron chi connectivity index (χ2n) is 7.50. The second kappa shape index (κ2) is 10.9. The molecule has 1 aromatic rings. The number of hydrogen-bond acceptors (Lipinski definition) is 6. The molecule has 3 rings (SSSR count). The molecule has 1 atom stereocenters. The standard InChI is InChI=1S/C18H28N2O3.C2HF3O2/c1-3-22-9-6-15-7-10-23-18(11-15)13-20(14-18)12-16-5-4-8-19-17(16)21-2;3-2(4,5)1(6)7/h4-5,8,15H,3,6-7,9-14H2,1-2H3;(H,6,7). The molecule has 10 heteroatoms. The first kappa shape index (κ1) is 24.4. The Hall–Kier alpha value is -1.91. The third-order valence-corrected chi connectivity index (χ3v) is 5.17. The fourth-order valence-electron chi connectivity index (χ4n) is 3.84. The zero-order valence-electron chi connectivity index (χ0n) is 17.3. The van der Waals surface area contributed by atoms with Crippen LogP contribution in [-0.4, -0.2) is 72.8 Å². The number of aliphatic carboxylic acids is 1. The number of nitrogens with zero attached hydrogens (tertiary/aromatic N) is 2. The van der Waals surface area contributed by atoms with Gasteiger partial charge in [0.2, 0.25) is 5.88 Å². The van der Waals surface area contributed by atoms with E-state index in [-0.39, 0.29) is 5.60 Å². The molecule has 7 nitrogen and oxygen atoms in total. The first-order valence-corrected chi connectivity index (χ1v) is 9.91. The van der Waals surface area contributed by atoms with Gasteiger partial charge >= 0.3 is 12.1 Å². The van der Waals surface area contributed by atoms with Crippen LogP contribution in [0.1, 0.15) is 31.7 Å². The Balaban J connectivity index is 0.000000396. The van der Waals surface area contributed by atoms with Crippen LogP contribution in [0, 0.1) is 5.92 Å². The Morgan fingerprint density at radius 2 is 2.13 bits per heavy atom. The Kier molecular flexibility index (Phi) is 8.87. The van der Waals surface area contributed by atoms with Gasteiger partial charge in [0.15, 0.2) is 0 Å². The quantitative estimate of drug-likeness (QED) is 0.661. The van der Waals surface area contributed by atoms with Gasteiger partial charge in [-0.2, -0.15) is 13.2 Å². The highest BCUT2D eigenvalue weighted by Crippen LogP contribution is 2.39. The summed E-state index contributed by atoms with van der Waals surface area (Å²) in [5.74, 6) is -1.29. The Morgan fingerprint density at radius 3 is 2.73 bits per heavy atom. The summed E-state index contributed by atoms with van der Waals surface area (Å²) < 4.78 is 48.7. The Labute approximate surface area is 174 Å². The average Bonchev–Trinajstić information content (AvgIpc) is 2.67. The van der Waals surface area contributed by atoms with E-state index >= 15 is 0 Å². The summed E-state index contributed by atoms with van der Waals surface area (Å²) in [7, 11) is 1.68. The first-order valence-electron chi connectivity index (χ1n) is 9.91. The van der Waals surface area contributed by atoms with Gasteiger partial charge in [-0.1, -0.05) is 6.07 Å². The molecule has 0 aliphatic carbocycles. The largest absolute Gasteiger partial charge is 0.490 e. The molecule has 1 spiro atoms. The molecule has 0 radical (unpaired) electrons. The summed E-state index contributed by atoms with van der Waals surface area (Å²) in [5, 5.41) is 7.12. The van der Waals surface area contributed by atoms with Crippen molar-refractivity contribution in [3.63, 3.8) is 0 Å². The maximum Gasteiger partial charge on any atom is 0.490 e. The normalized spacial score (nSPS) is 20.8. The minimum atomic E-state index is -5.08. The molecular formula is C20H29F3N2O5. The van der Waals surface area contributed by atoms with Gasteiger partial charge in [-0.05, 0) is 38.2 Å². The van der Waals surface area contributed by atoms with E-state index in [4.69, 9.17) is 24.1 Å². The molecule has 2 aliphatic rings. The number of carboxylic acid groups (broad SMARTS) is 1. The third kappa shape index (κ3) is 7.10. The first-order chi connectivity index (χ1) is 14.2. The fourth-order valence-corrected chi connectivity index (χ4v) is 3.84. The summed E-state index contributed by atoms with van der Waals surface area (Å²) in [6.07, 6.45) is 0.189. The van der Waals surface area contributed by atoms with Crippen molar-refractivity contribution in [3.8, 4) is 5.88 Å². The number of pyridine rings is 1. The van der Waals surface area contributed by atoms with Gasteiger partial charge in [0.05, 0.1) is 12.7 Å². The zero-order valence-corrected chi connectivity index (χ0v) is 17.3. The summed E-state index contributed by atoms with van der Waals surface area (Å²) in [6, 6.07) is 4.05. The number of rotatable bonds is 7. The molecule has 2 aliphatic heterocycles. The van der Waals surface area contributed by atoms with E-state index in [0.29, 0.717) is 0 Å². The van der Waals surface area contributed by atoms with Gasteiger partial charge in [-0.25, -0.2) is 9.78 Å². The van der Waals surface area contributed by atoms with Gasteiger partial charge in [0, 0.05) is 51.2 Å². The maximum absolute atomic E-state index is 10.6. The molecule has 3 heterocycles. The molecule has 0 bridgehead atoms. The van der Waals surface area contributed by atoms with Crippen molar-refractivity contribution < 1.29 is 37.3 Å². The van der Waals surface area contributed by atoms with Crippen molar-refractivity contribution in [1.29, 1.82) is 0 Å². The highest BCUT2D eigenvalue weighted by atomic mass is 19.4. The maximum atomic E-state index is 10.6. The van der Waals surface area contributed by atoms with Crippen LogP contribution in [0.25, 0.3) is 0 Å². The molecular weight excluding hydrogens is 405 g/mol. The van der Waals surface area contributed by atoms with E-state index in [1.807, 2.05) is 6.07 Å². The SMILES string of the molecule is CCOCCC1CCOC2(C1)CN(Cc1cccnc1OC)C2.O=C(O)C(F)(F)F. The van der Waals surface area contributed by atoms with Crippen LogP contribution in [0.5, 0.6) is 5.88 Å². The van der Waals surface area contributed by atoms with Crippen LogP contribution < -0.4 is 4.74 Å². The Morgan fingerprint density at radius 1 is 1.43 bits per heavy atom. The van der Waals surface area contributed by atoms with E-state index in [1.165, 1.54) is 12.8 Å². The number of carbonyl (C=O) groups is 1. The van der Waals surface area contributed by atoms with E-state index < -0.39 is 12.1 Å². The molecule has 1 unspecified atom stereocenters. The predicted octanol–water partition coefficient (Wildman–Crippen LogP) is 3.13. The van der Waals surface area contributed by atoms with E-state index in [2.05, 4.69) is 22.9 Å². The van der Waals surface area contributed by atoms with Crippen molar-refractivity contribution in [3.05, 3.63) is 23.9 Å². The van der Waals surface area contributed by atoms with Crippen LogP contribution in [0.2, 0.25) is 0 Å². The Bertz CT molecular complexity index is 681. The highest BCUT2D eigenvalue weighted by Gasteiger charge is 2.47. The van der Waals surface area contributed by atoms with Crippen LogP contribution in [0.4, 0.5) is 13.2 Å². The van der Waals surface area contributed by atoms with Crippen LogP contribution in [0.15, 0.2) is 18.3 Å². The minimum Gasteiger partial charge on any atom is -0.481 e. The third-order valence-electron chi connectivity index (χ3n) is 5.17. The van der Waals surface area contributed by atoms with Crippen LogP contribution in [0.3, 0.4) is 0 Å². The smallest absolute Gasteiger partial charge is 0.481 e. The number of ether oxygens (including phenoxy) is 3. The summed E-state index contributed by atoms with van der Waals surface area (Å²) in [4.78, 5) is 15.6. The number of carboxylic acids is 1. The number of alkyl halides is 3. The van der Waals surface area contributed by atoms with Gasteiger partial charge in [-0.15, -0.1) is 0 Å². The van der Waals surface area contributed by atoms with Crippen molar-refractivity contribution in [2.45, 2.75) is 44.5 Å². The van der Waals surface area contributed by atoms with Crippen molar-refractivity contribution in [1.82, 2.24) is 9.88 Å². The van der Waals surface area contributed by atoms with E-state index in [1.54, 1.807) is 13.3 Å². The van der Waals surface area contributed by atoms with Crippen molar-refractivity contribution in [2.75, 3.05) is 40.0 Å². The van der Waals surface area contributed by atoms with Crippen molar-refractivity contribution in [2.24, 2.45) is 5.92 Å². The van der Waals surface area contributed by atoms with E-state index in [9.17, 15) is 13.2 Å². The van der Waals surface area contributed by atoms with Crippen LogP contribution >= 0.6 is 0 Å². The van der Waals surface area contributed by atoms with Gasteiger partial charge in [0.25, 0.3) is 0 Å². The monoisotopic (exact) mass is 434 g/mol. The molecule has 0 amide bonds. The molecule has 0 saturated carbocycles. The van der Waals surface area contributed by atoms with Crippen molar-refractivity contribution >= 4 is 5.97 Å².